The van der Waals surface area contributed by atoms with Gasteiger partial charge in [0.1, 0.15) is 5.76 Å². The number of carbonyl (C=O) groups is 2. The van der Waals surface area contributed by atoms with Gasteiger partial charge in [0.25, 0.3) is 5.91 Å². The molecular formula is C19H22N4O3. The minimum Gasteiger partial charge on any atom is -0.360 e. The van der Waals surface area contributed by atoms with E-state index in [4.69, 9.17) is 4.52 Å². The molecule has 2 fully saturated rings. The van der Waals surface area contributed by atoms with Crippen LogP contribution in [0, 0.1) is 0 Å². The number of piperidine rings is 1. The molecule has 0 bridgehead atoms. The van der Waals surface area contributed by atoms with Crippen molar-refractivity contribution in [2.24, 2.45) is 0 Å². The van der Waals surface area contributed by atoms with Gasteiger partial charge in [0.15, 0.2) is 5.69 Å². The molecule has 0 radical (unpaired) electrons. The van der Waals surface area contributed by atoms with Crippen LogP contribution in [0.2, 0.25) is 0 Å². The Kier molecular flexibility index (Phi) is 4.60. The minimum absolute atomic E-state index is 0.0575. The number of para-hydroxylation sites is 1. The molecule has 2 heterocycles. The van der Waals surface area contributed by atoms with E-state index in [0.717, 1.165) is 37.1 Å². The molecule has 26 heavy (non-hydrogen) atoms. The van der Waals surface area contributed by atoms with Gasteiger partial charge in [-0.25, -0.2) is 4.79 Å². The Morgan fingerprint density at radius 3 is 2.50 bits per heavy atom. The molecule has 4 rings (SSSR count). The first-order valence-corrected chi connectivity index (χ1v) is 9.07. The lowest BCUT2D eigenvalue weighted by atomic mass is 10.0. The van der Waals surface area contributed by atoms with Gasteiger partial charge in [0, 0.05) is 36.8 Å². The zero-order chi connectivity index (χ0) is 17.9. The van der Waals surface area contributed by atoms with Crippen molar-refractivity contribution in [2.75, 3.05) is 18.4 Å². The summed E-state index contributed by atoms with van der Waals surface area (Å²) in [6.45, 7) is 1.20. The number of nitrogens with one attached hydrogen (secondary N) is 2. The normalized spacial score (nSPS) is 17.8. The van der Waals surface area contributed by atoms with Crippen molar-refractivity contribution in [3.63, 3.8) is 0 Å². The van der Waals surface area contributed by atoms with Crippen molar-refractivity contribution < 1.29 is 14.1 Å². The standard InChI is InChI=1S/C19H22N4O3/c24-18(16-12-17(26-22-16)13-6-7-13)23-10-8-15(9-11-23)21-19(25)20-14-4-2-1-3-5-14/h1-5,12-13,15H,6-11H2,(H2,20,21,25). The number of urea groups is 1. The molecule has 2 aliphatic rings. The SMILES string of the molecule is O=C(Nc1ccccc1)NC1CCN(C(=O)c2cc(C3CC3)on2)CC1. The Balaban J connectivity index is 1.25. The summed E-state index contributed by atoms with van der Waals surface area (Å²) in [6, 6.07) is 10.9. The summed E-state index contributed by atoms with van der Waals surface area (Å²) >= 11 is 0. The fourth-order valence-electron chi connectivity index (χ4n) is 3.21. The number of likely N-dealkylation sites (tertiary alicyclic amines) is 1. The van der Waals surface area contributed by atoms with Gasteiger partial charge in [-0.05, 0) is 37.8 Å². The highest BCUT2D eigenvalue weighted by atomic mass is 16.5. The van der Waals surface area contributed by atoms with Crippen molar-refractivity contribution in [3.8, 4) is 0 Å². The number of aromatic nitrogens is 1. The molecule has 1 aliphatic heterocycles. The highest BCUT2D eigenvalue weighted by Gasteiger charge is 2.31. The van der Waals surface area contributed by atoms with Crippen molar-refractivity contribution in [1.82, 2.24) is 15.4 Å². The van der Waals surface area contributed by atoms with Gasteiger partial charge in [-0.2, -0.15) is 0 Å². The highest BCUT2D eigenvalue weighted by molar-refractivity contribution is 5.92. The number of hydrogen-bond donors (Lipinski definition) is 2. The van der Waals surface area contributed by atoms with Crippen LogP contribution in [0.5, 0.6) is 0 Å². The molecular weight excluding hydrogens is 332 g/mol. The lowest BCUT2D eigenvalue weighted by Gasteiger charge is -2.31. The van der Waals surface area contributed by atoms with Crippen LogP contribution in [-0.2, 0) is 0 Å². The summed E-state index contributed by atoms with van der Waals surface area (Å²) in [6.07, 6.45) is 3.68. The van der Waals surface area contributed by atoms with Crippen molar-refractivity contribution >= 4 is 17.6 Å². The van der Waals surface area contributed by atoms with E-state index in [2.05, 4.69) is 15.8 Å². The quantitative estimate of drug-likeness (QED) is 0.884. The molecule has 7 heteroatoms. The van der Waals surface area contributed by atoms with Gasteiger partial charge in [-0.15, -0.1) is 0 Å². The zero-order valence-electron chi connectivity index (χ0n) is 14.5. The second-order valence-electron chi connectivity index (χ2n) is 6.92. The van der Waals surface area contributed by atoms with E-state index in [0.29, 0.717) is 24.7 Å². The number of amides is 3. The first kappa shape index (κ1) is 16.6. The van der Waals surface area contributed by atoms with E-state index < -0.39 is 0 Å². The van der Waals surface area contributed by atoms with Gasteiger partial charge in [0.2, 0.25) is 0 Å². The van der Waals surface area contributed by atoms with Crippen LogP contribution in [-0.4, -0.2) is 41.1 Å². The Bertz CT molecular complexity index is 777. The summed E-state index contributed by atoms with van der Waals surface area (Å²) in [5.74, 6) is 1.18. The van der Waals surface area contributed by atoms with Gasteiger partial charge in [-0.3, -0.25) is 4.79 Å². The molecule has 7 nitrogen and oxygen atoms in total. The van der Waals surface area contributed by atoms with Crippen LogP contribution >= 0.6 is 0 Å². The number of anilines is 1. The third kappa shape index (κ3) is 3.87. The maximum absolute atomic E-state index is 12.5. The minimum atomic E-state index is -0.216. The molecule has 1 aromatic carbocycles. The van der Waals surface area contributed by atoms with Crippen molar-refractivity contribution in [2.45, 2.75) is 37.6 Å². The highest BCUT2D eigenvalue weighted by Crippen LogP contribution is 2.40. The molecule has 0 atom stereocenters. The van der Waals surface area contributed by atoms with E-state index in [1.807, 2.05) is 30.3 Å². The first-order valence-electron chi connectivity index (χ1n) is 9.07. The lowest BCUT2D eigenvalue weighted by Crippen LogP contribution is -2.47. The fourth-order valence-corrected chi connectivity index (χ4v) is 3.21. The van der Waals surface area contributed by atoms with Crippen molar-refractivity contribution in [3.05, 3.63) is 47.9 Å². The van der Waals surface area contributed by atoms with E-state index in [-0.39, 0.29) is 18.0 Å². The monoisotopic (exact) mass is 354 g/mol. The molecule has 0 unspecified atom stereocenters. The first-order chi connectivity index (χ1) is 12.7. The number of carbonyl (C=O) groups excluding carboxylic acids is 2. The van der Waals surface area contributed by atoms with E-state index >= 15 is 0 Å². The molecule has 1 saturated carbocycles. The molecule has 2 N–H and O–H groups in total. The molecule has 1 aromatic heterocycles. The summed E-state index contributed by atoms with van der Waals surface area (Å²) in [7, 11) is 0. The Hall–Kier alpha value is -2.83. The Morgan fingerprint density at radius 1 is 1.08 bits per heavy atom. The number of nitrogens with zero attached hydrogens (tertiary/aromatic N) is 2. The Morgan fingerprint density at radius 2 is 1.81 bits per heavy atom. The third-order valence-corrected chi connectivity index (χ3v) is 4.88. The van der Waals surface area contributed by atoms with Crippen molar-refractivity contribution in [1.29, 1.82) is 0 Å². The van der Waals surface area contributed by atoms with Gasteiger partial charge < -0.3 is 20.1 Å². The lowest BCUT2D eigenvalue weighted by molar-refractivity contribution is 0.0698. The molecule has 1 saturated heterocycles. The molecule has 3 amide bonds. The molecule has 1 aliphatic carbocycles. The molecule has 2 aromatic rings. The van der Waals surface area contributed by atoms with Crippen LogP contribution in [0.25, 0.3) is 0 Å². The van der Waals surface area contributed by atoms with Crippen LogP contribution in [0.4, 0.5) is 10.5 Å². The third-order valence-electron chi connectivity index (χ3n) is 4.88. The Labute approximate surface area is 151 Å². The van der Waals surface area contributed by atoms with Crippen LogP contribution in [0.15, 0.2) is 40.9 Å². The van der Waals surface area contributed by atoms with Crippen LogP contribution in [0.1, 0.15) is 47.8 Å². The van der Waals surface area contributed by atoms with Gasteiger partial charge in [0.05, 0.1) is 0 Å². The van der Waals surface area contributed by atoms with Gasteiger partial charge in [-0.1, -0.05) is 23.4 Å². The van der Waals surface area contributed by atoms with E-state index in [1.165, 1.54) is 0 Å². The predicted molar refractivity (Wildman–Crippen MR) is 96.0 cm³/mol. The number of hydrogen-bond acceptors (Lipinski definition) is 4. The smallest absolute Gasteiger partial charge is 0.319 e. The summed E-state index contributed by atoms with van der Waals surface area (Å²) in [5, 5.41) is 9.71. The second-order valence-corrected chi connectivity index (χ2v) is 6.92. The number of rotatable bonds is 4. The predicted octanol–water partition coefficient (Wildman–Crippen LogP) is 2.98. The molecule has 136 valence electrons. The zero-order valence-corrected chi connectivity index (χ0v) is 14.5. The van der Waals surface area contributed by atoms with E-state index in [1.54, 1.807) is 11.0 Å². The number of benzene rings is 1. The largest absolute Gasteiger partial charge is 0.360 e. The molecule has 0 spiro atoms. The summed E-state index contributed by atoms with van der Waals surface area (Å²) in [5.41, 5.74) is 1.15. The van der Waals surface area contributed by atoms with E-state index in [9.17, 15) is 9.59 Å². The average molecular weight is 354 g/mol. The summed E-state index contributed by atoms with van der Waals surface area (Å²) in [4.78, 5) is 26.4. The topological polar surface area (TPSA) is 87.5 Å². The average Bonchev–Trinajstić information content (AvgIpc) is 3.39. The second kappa shape index (κ2) is 7.19. The maximum atomic E-state index is 12.5. The van der Waals surface area contributed by atoms with Crippen LogP contribution in [0.3, 0.4) is 0 Å². The fraction of sp³-hybridized carbons (Fsp3) is 0.421. The van der Waals surface area contributed by atoms with Crippen LogP contribution < -0.4 is 10.6 Å². The summed E-state index contributed by atoms with van der Waals surface area (Å²) < 4.78 is 5.27. The van der Waals surface area contributed by atoms with Gasteiger partial charge >= 0.3 is 6.03 Å². The maximum Gasteiger partial charge on any atom is 0.319 e.